The average Bonchev–Trinajstić information content (AvgIpc) is 2.27. The predicted octanol–water partition coefficient (Wildman–Crippen LogP) is 0.937. The smallest absolute Gasteiger partial charge is 0.119 e. The van der Waals surface area contributed by atoms with Crippen LogP contribution in [0.4, 0.5) is 0 Å². The first-order valence-corrected chi connectivity index (χ1v) is 5.29. The molecule has 3 heteroatoms. The summed E-state index contributed by atoms with van der Waals surface area (Å²) < 4.78 is 5.56. The number of nitrogens with two attached hydrogens (primary N) is 1. The van der Waals surface area contributed by atoms with Crippen molar-refractivity contribution < 1.29 is 4.74 Å². The Hall–Kier alpha value is -1.50. The summed E-state index contributed by atoms with van der Waals surface area (Å²) >= 11 is 0. The summed E-state index contributed by atoms with van der Waals surface area (Å²) in [4.78, 5) is 2.08. The minimum absolute atomic E-state index is 0.390. The SMILES string of the molecule is CN(C)CCOc1ccc(C#CCN)cc1. The summed E-state index contributed by atoms with van der Waals surface area (Å²) in [6.45, 7) is 2.00. The molecule has 16 heavy (non-hydrogen) atoms. The van der Waals surface area contributed by atoms with E-state index in [1.54, 1.807) is 0 Å². The van der Waals surface area contributed by atoms with E-state index < -0.39 is 0 Å². The van der Waals surface area contributed by atoms with Crippen LogP contribution in [0, 0.1) is 11.8 Å². The van der Waals surface area contributed by atoms with E-state index in [-0.39, 0.29) is 0 Å². The van der Waals surface area contributed by atoms with Crippen molar-refractivity contribution >= 4 is 0 Å². The molecule has 0 heterocycles. The Balaban J connectivity index is 2.45. The zero-order chi connectivity index (χ0) is 11.8. The van der Waals surface area contributed by atoms with E-state index in [0.29, 0.717) is 13.2 Å². The van der Waals surface area contributed by atoms with Crippen LogP contribution in [0.15, 0.2) is 24.3 Å². The van der Waals surface area contributed by atoms with Crippen LogP contribution in [0.1, 0.15) is 5.56 Å². The highest BCUT2D eigenvalue weighted by Crippen LogP contribution is 2.11. The third-order valence-corrected chi connectivity index (χ3v) is 2.00. The third kappa shape index (κ3) is 4.83. The standard InChI is InChI=1S/C13H18N2O/c1-15(2)10-11-16-13-7-5-12(6-8-13)4-3-9-14/h5-8H,9-11,14H2,1-2H3. The Kier molecular flexibility index (Phi) is 5.41. The van der Waals surface area contributed by atoms with Crippen LogP contribution < -0.4 is 10.5 Å². The zero-order valence-electron chi connectivity index (χ0n) is 9.86. The monoisotopic (exact) mass is 218 g/mol. The highest BCUT2D eigenvalue weighted by atomic mass is 16.5. The van der Waals surface area contributed by atoms with Crippen molar-refractivity contribution in [3.05, 3.63) is 29.8 Å². The van der Waals surface area contributed by atoms with Crippen molar-refractivity contribution in [1.29, 1.82) is 0 Å². The Morgan fingerprint density at radius 2 is 1.94 bits per heavy atom. The van der Waals surface area contributed by atoms with Crippen LogP contribution in [-0.4, -0.2) is 38.7 Å². The summed E-state index contributed by atoms with van der Waals surface area (Å²) in [7, 11) is 4.05. The molecule has 0 aliphatic heterocycles. The van der Waals surface area contributed by atoms with Crippen molar-refractivity contribution in [3.8, 4) is 17.6 Å². The largest absolute Gasteiger partial charge is 0.492 e. The molecular formula is C13H18N2O. The van der Waals surface area contributed by atoms with Gasteiger partial charge in [-0.1, -0.05) is 11.8 Å². The molecule has 1 rings (SSSR count). The van der Waals surface area contributed by atoms with Gasteiger partial charge >= 0.3 is 0 Å². The summed E-state index contributed by atoms with van der Waals surface area (Å²) in [5, 5.41) is 0. The number of nitrogens with zero attached hydrogens (tertiary/aromatic N) is 1. The summed E-state index contributed by atoms with van der Waals surface area (Å²) in [5.74, 6) is 6.65. The molecule has 1 aromatic rings. The molecule has 0 spiro atoms. The van der Waals surface area contributed by atoms with Gasteiger partial charge in [0.05, 0.1) is 6.54 Å². The Labute approximate surface area is 97.2 Å². The van der Waals surface area contributed by atoms with Gasteiger partial charge < -0.3 is 15.4 Å². The molecular weight excluding hydrogens is 200 g/mol. The summed E-state index contributed by atoms with van der Waals surface area (Å²) in [5.41, 5.74) is 6.26. The summed E-state index contributed by atoms with van der Waals surface area (Å²) in [6, 6.07) is 7.73. The van der Waals surface area contributed by atoms with Crippen molar-refractivity contribution in [2.75, 3.05) is 33.8 Å². The van der Waals surface area contributed by atoms with Crippen LogP contribution in [0.5, 0.6) is 5.75 Å². The maximum Gasteiger partial charge on any atom is 0.119 e. The number of likely N-dealkylation sites (N-methyl/N-ethyl adjacent to an activating group) is 1. The van der Waals surface area contributed by atoms with E-state index in [0.717, 1.165) is 17.9 Å². The highest BCUT2D eigenvalue weighted by Gasteiger charge is 1.94. The number of hydrogen-bond donors (Lipinski definition) is 1. The van der Waals surface area contributed by atoms with Crippen molar-refractivity contribution in [2.24, 2.45) is 5.73 Å². The molecule has 0 unspecified atom stereocenters. The topological polar surface area (TPSA) is 38.5 Å². The van der Waals surface area contributed by atoms with Gasteiger partial charge in [0.25, 0.3) is 0 Å². The fraction of sp³-hybridized carbons (Fsp3) is 0.385. The minimum atomic E-state index is 0.390. The van der Waals surface area contributed by atoms with Gasteiger partial charge in [0.15, 0.2) is 0 Å². The molecule has 3 nitrogen and oxygen atoms in total. The lowest BCUT2D eigenvalue weighted by Gasteiger charge is -2.10. The molecule has 86 valence electrons. The Morgan fingerprint density at radius 3 is 2.50 bits per heavy atom. The maximum absolute atomic E-state index is 5.56. The summed E-state index contributed by atoms with van der Waals surface area (Å²) in [6.07, 6.45) is 0. The first kappa shape index (κ1) is 12.6. The predicted molar refractivity (Wildman–Crippen MR) is 66.4 cm³/mol. The van der Waals surface area contributed by atoms with Gasteiger partial charge in [0, 0.05) is 12.1 Å². The molecule has 0 fully saturated rings. The molecule has 0 atom stereocenters. The fourth-order valence-corrected chi connectivity index (χ4v) is 1.13. The maximum atomic E-state index is 5.56. The minimum Gasteiger partial charge on any atom is -0.492 e. The highest BCUT2D eigenvalue weighted by molar-refractivity contribution is 5.38. The molecule has 0 aliphatic rings. The van der Waals surface area contributed by atoms with Crippen molar-refractivity contribution in [3.63, 3.8) is 0 Å². The lowest BCUT2D eigenvalue weighted by atomic mass is 10.2. The fourth-order valence-electron chi connectivity index (χ4n) is 1.13. The van der Waals surface area contributed by atoms with Gasteiger partial charge in [0.2, 0.25) is 0 Å². The van der Waals surface area contributed by atoms with Crippen LogP contribution in [0.3, 0.4) is 0 Å². The van der Waals surface area contributed by atoms with Crippen LogP contribution in [0.25, 0.3) is 0 Å². The van der Waals surface area contributed by atoms with Crippen molar-refractivity contribution in [1.82, 2.24) is 4.90 Å². The number of ether oxygens (including phenoxy) is 1. The van der Waals surface area contributed by atoms with E-state index >= 15 is 0 Å². The van der Waals surface area contributed by atoms with Gasteiger partial charge in [-0.3, -0.25) is 0 Å². The molecule has 0 aliphatic carbocycles. The zero-order valence-corrected chi connectivity index (χ0v) is 9.86. The van der Waals surface area contributed by atoms with Crippen LogP contribution >= 0.6 is 0 Å². The van der Waals surface area contributed by atoms with Crippen LogP contribution in [-0.2, 0) is 0 Å². The van der Waals surface area contributed by atoms with Crippen molar-refractivity contribution in [2.45, 2.75) is 0 Å². The molecule has 2 N–H and O–H groups in total. The number of benzene rings is 1. The van der Waals surface area contributed by atoms with Gasteiger partial charge in [-0.25, -0.2) is 0 Å². The molecule has 0 saturated carbocycles. The number of rotatable bonds is 4. The molecule has 0 aromatic heterocycles. The average molecular weight is 218 g/mol. The van der Waals surface area contributed by atoms with Gasteiger partial charge in [0.1, 0.15) is 12.4 Å². The molecule has 0 amide bonds. The molecule has 0 bridgehead atoms. The molecule has 0 saturated heterocycles. The lowest BCUT2D eigenvalue weighted by Crippen LogP contribution is -2.19. The van der Waals surface area contributed by atoms with Gasteiger partial charge in [-0.15, -0.1) is 0 Å². The quantitative estimate of drug-likeness (QED) is 0.764. The second-order valence-corrected chi connectivity index (χ2v) is 3.68. The second kappa shape index (κ2) is 6.89. The normalized spacial score (nSPS) is 9.75. The van der Waals surface area contributed by atoms with E-state index in [1.807, 2.05) is 38.4 Å². The number of hydrogen-bond acceptors (Lipinski definition) is 3. The van der Waals surface area contributed by atoms with E-state index in [2.05, 4.69) is 16.7 Å². The lowest BCUT2D eigenvalue weighted by molar-refractivity contribution is 0.261. The molecule has 1 aromatic carbocycles. The first-order valence-electron chi connectivity index (χ1n) is 5.29. The Bertz CT molecular complexity index is 360. The first-order chi connectivity index (χ1) is 7.72. The van der Waals surface area contributed by atoms with E-state index in [4.69, 9.17) is 10.5 Å². The van der Waals surface area contributed by atoms with Gasteiger partial charge in [-0.2, -0.15) is 0 Å². The molecule has 0 radical (unpaired) electrons. The third-order valence-electron chi connectivity index (χ3n) is 2.00. The van der Waals surface area contributed by atoms with Gasteiger partial charge in [-0.05, 0) is 38.4 Å². The van der Waals surface area contributed by atoms with E-state index in [1.165, 1.54) is 0 Å². The second-order valence-electron chi connectivity index (χ2n) is 3.68. The Morgan fingerprint density at radius 1 is 1.25 bits per heavy atom. The van der Waals surface area contributed by atoms with E-state index in [9.17, 15) is 0 Å². The van der Waals surface area contributed by atoms with Crippen LogP contribution in [0.2, 0.25) is 0 Å².